The van der Waals surface area contributed by atoms with Crippen molar-refractivity contribution < 1.29 is 27.5 Å². The molecule has 8 heteroatoms. The second-order valence-corrected chi connectivity index (χ2v) is 4.93. The fourth-order valence-electron chi connectivity index (χ4n) is 2.15. The number of hydrogen-bond donors (Lipinski definition) is 2. The van der Waals surface area contributed by atoms with Gasteiger partial charge in [0.05, 0.1) is 5.92 Å². The van der Waals surface area contributed by atoms with Gasteiger partial charge in [0, 0.05) is 5.70 Å². The number of carbonyl (C=O) groups excluding carboxylic acids is 2. The van der Waals surface area contributed by atoms with Crippen LogP contribution in [0.1, 0.15) is 12.8 Å². The highest BCUT2D eigenvalue weighted by atomic mass is 19.4. The van der Waals surface area contributed by atoms with Crippen LogP contribution in [0.5, 0.6) is 5.75 Å². The van der Waals surface area contributed by atoms with Crippen molar-refractivity contribution in [2.75, 3.05) is 6.61 Å². The minimum atomic E-state index is -4.89. The molecule has 0 fully saturated rings. The Balaban J connectivity index is 1.80. The monoisotopic (exact) mass is 328 g/mol. The number of benzene rings is 1. The number of hydrogen-bond acceptors (Lipinski definition) is 4. The molecule has 5 nitrogen and oxygen atoms in total. The first-order valence-corrected chi connectivity index (χ1v) is 6.91. The van der Waals surface area contributed by atoms with Gasteiger partial charge in [-0.3, -0.25) is 15.0 Å². The Labute approximate surface area is 130 Å². The van der Waals surface area contributed by atoms with Crippen molar-refractivity contribution >= 4 is 11.7 Å². The lowest BCUT2D eigenvalue weighted by atomic mass is 10.0. The number of halogens is 3. The van der Waals surface area contributed by atoms with Crippen molar-refractivity contribution in [1.82, 2.24) is 10.9 Å². The molecule has 0 aromatic heterocycles. The van der Waals surface area contributed by atoms with E-state index in [2.05, 4.69) is 10.9 Å². The molecule has 0 unspecified atom stereocenters. The average molecular weight is 328 g/mol. The number of ketones is 1. The van der Waals surface area contributed by atoms with Crippen LogP contribution in [0.4, 0.5) is 13.2 Å². The third-order valence-electron chi connectivity index (χ3n) is 3.25. The van der Waals surface area contributed by atoms with Crippen LogP contribution in [-0.2, 0) is 9.59 Å². The molecule has 0 bridgehead atoms. The number of Topliss-reactive ketones (excluding diaryl/α,β-unsaturated/α-hetero) is 1. The Morgan fingerprint density at radius 2 is 1.91 bits per heavy atom. The molecule has 1 aliphatic carbocycles. The molecule has 2 rings (SSSR count). The molecule has 2 N–H and O–H groups in total. The highest BCUT2D eigenvalue weighted by Gasteiger charge is 2.45. The predicted octanol–water partition coefficient (Wildman–Crippen LogP) is 2.11. The van der Waals surface area contributed by atoms with Gasteiger partial charge in [-0.1, -0.05) is 24.3 Å². The number of alkyl halides is 3. The fraction of sp³-hybridized carbons (Fsp3) is 0.333. The van der Waals surface area contributed by atoms with Crippen molar-refractivity contribution in [3.8, 4) is 5.75 Å². The Morgan fingerprint density at radius 3 is 2.57 bits per heavy atom. The molecule has 1 atom stereocenters. The molecule has 0 heterocycles. The van der Waals surface area contributed by atoms with E-state index in [1.54, 1.807) is 30.3 Å². The number of para-hydroxylation sites is 1. The summed E-state index contributed by atoms with van der Waals surface area (Å²) in [5.74, 6) is -3.19. The molecule has 0 saturated heterocycles. The molecule has 1 aromatic rings. The minimum absolute atomic E-state index is 0.0559. The summed E-state index contributed by atoms with van der Waals surface area (Å²) in [5.41, 5.74) is 4.67. The third-order valence-corrected chi connectivity index (χ3v) is 3.25. The molecule has 124 valence electrons. The van der Waals surface area contributed by atoms with Gasteiger partial charge in [0.25, 0.3) is 5.91 Å². The zero-order valence-corrected chi connectivity index (χ0v) is 12.0. The van der Waals surface area contributed by atoms with Crippen molar-refractivity contribution in [1.29, 1.82) is 0 Å². The first-order chi connectivity index (χ1) is 10.9. The van der Waals surface area contributed by atoms with Gasteiger partial charge in [-0.05, 0) is 25.0 Å². The first kappa shape index (κ1) is 16.9. The number of hydrazine groups is 1. The third kappa shape index (κ3) is 4.73. The maximum absolute atomic E-state index is 12.5. The van der Waals surface area contributed by atoms with Crippen LogP contribution in [0.15, 0.2) is 42.1 Å². The van der Waals surface area contributed by atoms with Gasteiger partial charge in [-0.15, -0.1) is 0 Å². The topological polar surface area (TPSA) is 67.4 Å². The van der Waals surface area contributed by atoms with E-state index in [9.17, 15) is 22.8 Å². The Bertz CT molecular complexity index is 600. The van der Waals surface area contributed by atoms with E-state index >= 15 is 0 Å². The number of amides is 1. The van der Waals surface area contributed by atoms with Gasteiger partial charge in [-0.25, -0.2) is 0 Å². The number of nitrogens with one attached hydrogen (secondary N) is 2. The van der Waals surface area contributed by atoms with Crippen LogP contribution >= 0.6 is 0 Å². The Kier molecular flexibility index (Phi) is 5.25. The van der Waals surface area contributed by atoms with Crippen LogP contribution in [-0.4, -0.2) is 24.5 Å². The van der Waals surface area contributed by atoms with Crippen LogP contribution in [0.25, 0.3) is 0 Å². The summed E-state index contributed by atoms with van der Waals surface area (Å²) in [6, 6.07) is 8.60. The normalized spacial score (nSPS) is 17.3. The van der Waals surface area contributed by atoms with E-state index in [0.717, 1.165) is 0 Å². The van der Waals surface area contributed by atoms with Crippen LogP contribution < -0.4 is 15.6 Å². The highest BCUT2D eigenvalue weighted by Crippen LogP contribution is 2.31. The number of carbonyl (C=O) groups is 2. The molecular weight excluding hydrogens is 313 g/mol. The molecule has 0 radical (unpaired) electrons. The van der Waals surface area contributed by atoms with E-state index < -0.39 is 23.8 Å². The lowest BCUT2D eigenvalue weighted by Crippen LogP contribution is -2.43. The van der Waals surface area contributed by atoms with Gasteiger partial charge < -0.3 is 10.2 Å². The zero-order chi connectivity index (χ0) is 16.9. The zero-order valence-electron chi connectivity index (χ0n) is 12.0. The SMILES string of the molecule is O=C(COc1ccccc1)NNC1=CCC[C@H]1C(=O)C(F)(F)F. The van der Waals surface area contributed by atoms with E-state index in [1.807, 2.05) is 0 Å². The smallest absolute Gasteiger partial charge is 0.450 e. The lowest BCUT2D eigenvalue weighted by Gasteiger charge is -2.17. The van der Waals surface area contributed by atoms with Crippen molar-refractivity contribution in [3.05, 3.63) is 42.1 Å². The molecule has 1 amide bonds. The highest BCUT2D eigenvalue weighted by molar-refractivity contribution is 5.89. The predicted molar refractivity (Wildman–Crippen MR) is 75.1 cm³/mol. The van der Waals surface area contributed by atoms with Crippen LogP contribution in [0, 0.1) is 5.92 Å². The van der Waals surface area contributed by atoms with Gasteiger partial charge in [0.15, 0.2) is 6.61 Å². The first-order valence-electron chi connectivity index (χ1n) is 6.91. The molecule has 0 spiro atoms. The molecule has 1 aliphatic rings. The largest absolute Gasteiger partial charge is 0.484 e. The summed E-state index contributed by atoms with van der Waals surface area (Å²) in [6.45, 7) is -0.303. The van der Waals surface area contributed by atoms with E-state index in [0.29, 0.717) is 12.2 Å². The number of rotatable bonds is 6. The lowest BCUT2D eigenvalue weighted by molar-refractivity contribution is -0.174. The Hall–Kier alpha value is -2.51. The molecular formula is C15H15F3N2O3. The summed E-state index contributed by atoms with van der Waals surface area (Å²) in [6.07, 6.45) is -3.02. The fourth-order valence-corrected chi connectivity index (χ4v) is 2.15. The molecule has 0 saturated carbocycles. The van der Waals surface area contributed by atoms with Crippen molar-refractivity contribution in [2.24, 2.45) is 5.92 Å². The maximum Gasteiger partial charge on any atom is 0.450 e. The number of ether oxygens (including phenoxy) is 1. The quantitative estimate of drug-likeness (QED) is 0.785. The van der Waals surface area contributed by atoms with Gasteiger partial charge >= 0.3 is 6.18 Å². The summed E-state index contributed by atoms with van der Waals surface area (Å²) in [4.78, 5) is 22.9. The number of allylic oxidation sites excluding steroid dienone is 2. The van der Waals surface area contributed by atoms with Crippen molar-refractivity contribution in [2.45, 2.75) is 19.0 Å². The average Bonchev–Trinajstić information content (AvgIpc) is 2.98. The maximum atomic E-state index is 12.5. The molecule has 1 aromatic carbocycles. The summed E-state index contributed by atoms with van der Waals surface area (Å²) in [5, 5.41) is 0. The van der Waals surface area contributed by atoms with Gasteiger partial charge in [-0.2, -0.15) is 13.2 Å². The van der Waals surface area contributed by atoms with E-state index in [4.69, 9.17) is 4.74 Å². The standard InChI is InChI=1S/C15H15F3N2O3/c16-15(17,18)14(22)11-7-4-8-12(11)19-20-13(21)9-23-10-5-2-1-3-6-10/h1-3,5-6,8,11,19H,4,7,9H2,(H,20,21)/t11-/m1/s1. The molecule has 0 aliphatic heterocycles. The van der Waals surface area contributed by atoms with Crippen molar-refractivity contribution in [3.63, 3.8) is 0 Å². The van der Waals surface area contributed by atoms with Crippen LogP contribution in [0.3, 0.4) is 0 Å². The van der Waals surface area contributed by atoms with Crippen LogP contribution in [0.2, 0.25) is 0 Å². The second kappa shape index (κ2) is 7.17. The second-order valence-electron chi connectivity index (χ2n) is 4.93. The Morgan fingerprint density at radius 1 is 1.22 bits per heavy atom. The molecule has 23 heavy (non-hydrogen) atoms. The van der Waals surface area contributed by atoms with Gasteiger partial charge in [0.2, 0.25) is 5.78 Å². The summed E-state index contributed by atoms with van der Waals surface area (Å²) in [7, 11) is 0. The van der Waals surface area contributed by atoms with E-state index in [-0.39, 0.29) is 18.7 Å². The van der Waals surface area contributed by atoms with Gasteiger partial charge in [0.1, 0.15) is 5.75 Å². The summed E-state index contributed by atoms with van der Waals surface area (Å²) < 4.78 is 42.6. The minimum Gasteiger partial charge on any atom is -0.484 e. The summed E-state index contributed by atoms with van der Waals surface area (Å²) >= 11 is 0. The van der Waals surface area contributed by atoms with E-state index in [1.165, 1.54) is 6.08 Å².